The molecule has 0 aliphatic carbocycles. The lowest BCUT2D eigenvalue weighted by Crippen LogP contribution is -1.99. The van der Waals surface area contributed by atoms with Crippen molar-refractivity contribution in [3.8, 4) is 11.5 Å². The number of hydrogen-bond donors (Lipinski definition) is 1. The van der Waals surface area contributed by atoms with Gasteiger partial charge in [-0.15, -0.1) is 0 Å². The Hall–Kier alpha value is -4.46. The summed E-state index contributed by atoms with van der Waals surface area (Å²) in [5.74, 6) is 0.778. The van der Waals surface area contributed by atoms with Crippen LogP contribution in [0.1, 0.15) is 22.3 Å². The van der Waals surface area contributed by atoms with E-state index in [1.54, 1.807) is 24.3 Å². The first kappa shape index (κ1) is 26.2. The normalized spacial score (nSPS) is 10.2. The molecular weight excluding hydrogens is 466 g/mol. The smallest absolute Gasteiger partial charge is 0.269 e. The summed E-state index contributed by atoms with van der Waals surface area (Å²) < 4.78 is 36.5. The Bertz CT molecular complexity index is 1270. The first-order chi connectivity index (χ1) is 17.2. The fourth-order valence-electron chi connectivity index (χ4n) is 3.18. The Morgan fingerprint density at radius 3 is 1.56 bits per heavy atom. The van der Waals surface area contributed by atoms with Crippen molar-refractivity contribution in [2.24, 2.45) is 0 Å². The van der Waals surface area contributed by atoms with E-state index in [4.69, 9.17) is 15.2 Å². The zero-order valence-electron chi connectivity index (χ0n) is 19.9. The first-order valence-electron chi connectivity index (χ1n) is 11.1. The molecule has 0 saturated carbocycles. The maximum atomic E-state index is 12.7. The standard InChI is InChI=1S/C15H16FNO.C13H10FNO3/c1-10-7-14(8-11(2)15(10)17)18-9-12-3-5-13(16)6-4-12;14-11-3-1-10(2-4-11)9-18-13-7-5-12(6-8-13)15(16)17/h3-8H,9,17H2,1-2H3;1-8H,9H2. The summed E-state index contributed by atoms with van der Waals surface area (Å²) >= 11 is 0. The molecule has 0 atom stereocenters. The number of nitrogen functional groups attached to an aromatic ring is 1. The van der Waals surface area contributed by atoms with Crippen LogP contribution >= 0.6 is 0 Å². The van der Waals surface area contributed by atoms with Crippen LogP contribution in [-0.4, -0.2) is 4.92 Å². The van der Waals surface area contributed by atoms with E-state index >= 15 is 0 Å². The number of non-ortho nitro benzene ring substituents is 1. The highest BCUT2D eigenvalue weighted by atomic mass is 19.1. The van der Waals surface area contributed by atoms with Gasteiger partial charge in [-0.3, -0.25) is 10.1 Å². The van der Waals surface area contributed by atoms with E-state index in [-0.39, 0.29) is 23.9 Å². The molecule has 186 valence electrons. The quantitative estimate of drug-likeness (QED) is 0.172. The van der Waals surface area contributed by atoms with E-state index in [0.29, 0.717) is 12.4 Å². The minimum absolute atomic E-state index is 0.0177. The molecule has 0 aliphatic heterocycles. The largest absolute Gasteiger partial charge is 0.489 e. The van der Waals surface area contributed by atoms with Crippen LogP contribution in [0.3, 0.4) is 0 Å². The summed E-state index contributed by atoms with van der Waals surface area (Å²) in [5, 5.41) is 10.5. The van der Waals surface area contributed by atoms with Crippen LogP contribution in [0.15, 0.2) is 84.9 Å². The van der Waals surface area contributed by atoms with Crippen LogP contribution in [-0.2, 0) is 13.2 Å². The van der Waals surface area contributed by atoms with Gasteiger partial charge in [0.15, 0.2) is 0 Å². The number of ether oxygens (including phenoxy) is 2. The highest BCUT2D eigenvalue weighted by Crippen LogP contribution is 2.24. The average Bonchev–Trinajstić information content (AvgIpc) is 2.87. The Balaban J connectivity index is 0.000000201. The van der Waals surface area contributed by atoms with Crippen molar-refractivity contribution in [2.75, 3.05) is 5.73 Å². The second kappa shape index (κ2) is 12.3. The van der Waals surface area contributed by atoms with Gasteiger partial charge in [0, 0.05) is 17.8 Å². The molecule has 0 fully saturated rings. The van der Waals surface area contributed by atoms with E-state index in [1.165, 1.54) is 48.5 Å². The van der Waals surface area contributed by atoms with Crippen LogP contribution in [0.25, 0.3) is 0 Å². The fraction of sp³-hybridized carbons (Fsp3) is 0.143. The highest BCUT2D eigenvalue weighted by molar-refractivity contribution is 5.56. The molecule has 36 heavy (non-hydrogen) atoms. The number of nitro benzene ring substituents is 1. The summed E-state index contributed by atoms with van der Waals surface area (Å²) in [6, 6.07) is 21.9. The van der Waals surface area contributed by atoms with Crippen molar-refractivity contribution in [3.05, 3.63) is 129 Å². The fourth-order valence-corrected chi connectivity index (χ4v) is 3.18. The molecule has 4 rings (SSSR count). The molecule has 6 nitrogen and oxygen atoms in total. The van der Waals surface area contributed by atoms with E-state index in [2.05, 4.69) is 0 Å². The van der Waals surface area contributed by atoms with Crippen molar-refractivity contribution >= 4 is 11.4 Å². The molecule has 0 radical (unpaired) electrons. The lowest BCUT2D eigenvalue weighted by molar-refractivity contribution is -0.384. The van der Waals surface area contributed by atoms with E-state index in [0.717, 1.165) is 33.7 Å². The van der Waals surface area contributed by atoms with Crippen molar-refractivity contribution in [2.45, 2.75) is 27.1 Å². The predicted octanol–water partition coefficient (Wildman–Crippen LogP) is 6.92. The summed E-state index contributed by atoms with van der Waals surface area (Å²) in [6.07, 6.45) is 0. The second-order valence-electron chi connectivity index (χ2n) is 8.05. The number of halogens is 2. The van der Waals surface area contributed by atoms with Gasteiger partial charge in [-0.1, -0.05) is 24.3 Å². The van der Waals surface area contributed by atoms with Crippen molar-refractivity contribution < 1.29 is 23.2 Å². The molecule has 0 unspecified atom stereocenters. The molecule has 0 bridgehead atoms. The van der Waals surface area contributed by atoms with Gasteiger partial charge in [0.05, 0.1) is 4.92 Å². The topological polar surface area (TPSA) is 87.6 Å². The Morgan fingerprint density at radius 1 is 0.722 bits per heavy atom. The summed E-state index contributed by atoms with van der Waals surface area (Å²) in [5.41, 5.74) is 10.5. The Morgan fingerprint density at radius 2 is 1.14 bits per heavy atom. The van der Waals surface area contributed by atoms with Gasteiger partial charge in [0.2, 0.25) is 0 Å². The zero-order valence-corrected chi connectivity index (χ0v) is 19.9. The van der Waals surface area contributed by atoms with Crippen LogP contribution in [0.4, 0.5) is 20.2 Å². The third kappa shape index (κ3) is 7.80. The highest BCUT2D eigenvalue weighted by Gasteiger charge is 2.05. The summed E-state index contributed by atoms with van der Waals surface area (Å²) in [7, 11) is 0. The molecule has 8 heteroatoms. The van der Waals surface area contributed by atoms with Gasteiger partial charge < -0.3 is 15.2 Å². The molecule has 0 heterocycles. The monoisotopic (exact) mass is 492 g/mol. The van der Waals surface area contributed by atoms with Gasteiger partial charge in [0.25, 0.3) is 5.69 Å². The first-order valence-corrected chi connectivity index (χ1v) is 11.1. The molecular formula is C28H26F2N2O4. The van der Waals surface area contributed by atoms with Crippen LogP contribution < -0.4 is 15.2 Å². The maximum Gasteiger partial charge on any atom is 0.269 e. The van der Waals surface area contributed by atoms with Gasteiger partial charge in [-0.25, -0.2) is 8.78 Å². The number of nitro groups is 1. The van der Waals surface area contributed by atoms with Crippen LogP contribution in [0, 0.1) is 35.6 Å². The van der Waals surface area contributed by atoms with Crippen molar-refractivity contribution in [1.82, 2.24) is 0 Å². The predicted molar refractivity (Wildman–Crippen MR) is 135 cm³/mol. The second-order valence-corrected chi connectivity index (χ2v) is 8.05. The number of hydrogen-bond acceptors (Lipinski definition) is 5. The number of rotatable bonds is 7. The summed E-state index contributed by atoms with van der Waals surface area (Å²) in [4.78, 5) is 9.98. The molecule has 4 aromatic rings. The Labute approximate surface area is 208 Å². The van der Waals surface area contributed by atoms with Crippen LogP contribution in [0.5, 0.6) is 11.5 Å². The summed E-state index contributed by atoms with van der Waals surface area (Å²) in [6.45, 7) is 4.61. The minimum atomic E-state index is -0.468. The van der Waals surface area contributed by atoms with Gasteiger partial charge in [0.1, 0.15) is 36.3 Å². The zero-order chi connectivity index (χ0) is 26.1. The van der Waals surface area contributed by atoms with E-state index < -0.39 is 4.92 Å². The average molecular weight is 493 g/mol. The minimum Gasteiger partial charge on any atom is -0.489 e. The lowest BCUT2D eigenvalue weighted by atomic mass is 10.1. The van der Waals surface area contributed by atoms with Gasteiger partial charge in [-0.2, -0.15) is 0 Å². The van der Waals surface area contributed by atoms with Crippen molar-refractivity contribution in [1.29, 1.82) is 0 Å². The molecule has 2 N–H and O–H groups in total. The molecule has 0 amide bonds. The molecule has 4 aromatic carbocycles. The maximum absolute atomic E-state index is 12.7. The van der Waals surface area contributed by atoms with Crippen molar-refractivity contribution in [3.63, 3.8) is 0 Å². The van der Waals surface area contributed by atoms with Crippen LogP contribution in [0.2, 0.25) is 0 Å². The number of anilines is 1. The van der Waals surface area contributed by atoms with E-state index in [9.17, 15) is 18.9 Å². The Kier molecular flexibility index (Phi) is 8.94. The lowest BCUT2D eigenvalue weighted by Gasteiger charge is -2.10. The SMILES string of the molecule is Cc1cc(OCc2ccc(F)cc2)cc(C)c1N.O=[N+]([O-])c1ccc(OCc2ccc(F)cc2)cc1. The third-order valence-corrected chi connectivity index (χ3v) is 5.25. The number of nitrogens with zero attached hydrogens (tertiary/aromatic N) is 1. The molecule has 0 saturated heterocycles. The third-order valence-electron chi connectivity index (χ3n) is 5.25. The number of nitrogens with two attached hydrogens (primary N) is 1. The van der Waals surface area contributed by atoms with Gasteiger partial charge in [-0.05, 0) is 84.6 Å². The molecule has 0 aliphatic rings. The van der Waals surface area contributed by atoms with Gasteiger partial charge >= 0.3 is 0 Å². The van der Waals surface area contributed by atoms with E-state index in [1.807, 2.05) is 26.0 Å². The molecule has 0 aromatic heterocycles. The molecule has 0 spiro atoms. The number of aryl methyl sites for hydroxylation is 2. The number of benzene rings is 4.